The number of halogens is 2. The highest BCUT2D eigenvalue weighted by atomic mass is 79.9. The zero-order chi connectivity index (χ0) is 11.5. The average molecular weight is 349 g/mol. The Morgan fingerprint density at radius 3 is 2.81 bits per heavy atom. The van der Waals surface area contributed by atoms with Crippen molar-refractivity contribution in [3.8, 4) is 0 Å². The van der Waals surface area contributed by atoms with Crippen molar-refractivity contribution in [1.82, 2.24) is 5.32 Å². The summed E-state index contributed by atoms with van der Waals surface area (Å²) in [5.74, 6) is 1.79. The lowest BCUT2D eigenvalue weighted by Crippen LogP contribution is -2.17. The van der Waals surface area contributed by atoms with Crippen molar-refractivity contribution in [2.45, 2.75) is 19.5 Å². The topological polar surface area (TPSA) is 38.3 Å². The van der Waals surface area contributed by atoms with Crippen molar-refractivity contribution in [1.29, 1.82) is 0 Å². The lowest BCUT2D eigenvalue weighted by molar-refractivity contribution is 0.402. The molecule has 0 amide bonds. The van der Waals surface area contributed by atoms with Gasteiger partial charge in [-0.2, -0.15) is 0 Å². The fourth-order valence-corrected chi connectivity index (χ4v) is 2.03. The van der Waals surface area contributed by atoms with Crippen molar-refractivity contribution in [3.05, 3.63) is 45.1 Å². The van der Waals surface area contributed by atoms with E-state index in [4.69, 9.17) is 8.83 Å². The molecule has 0 aliphatic carbocycles. The van der Waals surface area contributed by atoms with Crippen molar-refractivity contribution < 1.29 is 8.83 Å². The molecule has 0 aliphatic heterocycles. The second-order valence-corrected chi connectivity index (χ2v) is 5.03. The molecular formula is C11H11Br2NO2. The molecule has 1 N–H and O–H groups in total. The molecule has 3 nitrogen and oxygen atoms in total. The smallest absolute Gasteiger partial charge is 0.183 e. The minimum absolute atomic E-state index is 0.164. The molecule has 1 atom stereocenters. The van der Waals surface area contributed by atoms with E-state index in [1.165, 1.54) is 0 Å². The van der Waals surface area contributed by atoms with E-state index in [0.717, 1.165) is 20.7 Å². The van der Waals surface area contributed by atoms with Crippen molar-refractivity contribution in [2.75, 3.05) is 0 Å². The lowest BCUT2D eigenvalue weighted by atomic mass is 10.2. The van der Waals surface area contributed by atoms with Gasteiger partial charge < -0.3 is 14.2 Å². The fraction of sp³-hybridized carbons (Fsp3) is 0.273. The van der Waals surface area contributed by atoms with Gasteiger partial charge >= 0.3 is 0 Å². The monoisotopic (exact) mass is 347 g/mol. The Morgan fingerprint density at radius 1 is 1.44 bits per heavy atom. The van der Waals surface area contributed by atoms with E-state index in [1.54, 1.807) is 6.26 Å². The van der Waals surface area contributed by atoms with Crippen LogP contribution in [-0.4, -0.2) is 0 Å². The van der Waals surface area contributed by atoms with Crippen LogP contribution in [0, 0.1) is 0 Å². The van der Waals surface area contributed by atoms with Gasteiger partial charge in [-0.25, -0.2) is 0 Å². The Morgan fingerprint density at radius 2 is 2.25 bits per heavy atom. The summed E-state index contributed by atoms with van der Waals surface area (Å²) >= 11 is 6.68. The summed E-state index contributed by atoms with van der Waals surface area (Å²) in [7, 11) is 0. The molecular weight excluding hydrogens is 338 g/mol. The highest BCUT2D eigenvalue weighted by Crippen LogP contribution is 2.27. The number of hydrogen-bond acceptors (Lipinski definition) is 3. The molecule has 5 heteroatoms. The van der Waals surface area contributed by atoms with E-state index in [9.17, 15) is 0 Å². The first-order valence-electron chi connectivity index (χ1n) is 4.87. The van der Waals surface area contributed by atoms with E-state index >= 15 is 0 Å². The zero-order valence-corrected chi connectivity index (χ0v) is 11.8. The van der Waals surface area contributed by atoms with Gasteiger partial charge in [0.1, 0.15) is 11.5 Å². The first-order valence-corrected chi connectivity index (χ1v) is 6.46. The van der Waals surface area contributed by atoms with Crippen LogP contribution in [0.2, 0.25) is 0 Å². The SMILES string of the molecule is CC(NCc1cc(Br)c(Br)o1)c1ccco1. The second-order valence-electron chi connectivity index (χ2n) is 3.45. The maximum absolute atomic E-state index is 5.46. The summed E-state index contributed by atoms with van der Waals surface area (Å²) < 4.78 is 12.4. The third kappa shape index (κ3) is 2.78. The van der Waals surface area contributed by atoms with E-state index < -0.39 is 0 Å². The van der Waals surface area contributed by atoms with Gasteiger partial charge in [-0.05, 0) is 57.0 Å². The lowest BCUT2D eigenvalue weighted by Gasteiger charge is -2.09. The van der Waals surface area contributed by atoms with E-state index in [1.807, 2.05) is 25.1 Å². The van der Waals surface area contributed by atoms with Crippen LogP contribution in [0.3, 0.4) is 0 Å². The molecule has 0 spiro atoms. The van der Waals surface area contributed by atoms with Gasteiger partial charge in [-0.3, -0.25) is 0 Å². The van der Waals surface area contributed by atoms with Crippen LogP contribution in [0.4, 0.5) is 0 Å². The highest BCUT2D eigenvalue weighted by Gasteiger charge is 2.10. The van der Waals surface area contributed by atoms with Gasteiger partial charge in [0.2, 0.25) is 0 Å². The van der Waals surface area contributed by atoms with Crippen LogP contribution < -0.4 is 5.32 Å². The molecule has 0 saturated heterocycles. The van der Waals surface area contributed by atoms with Gasteiger partial charge in [0.15, 0.2) is 4.67 Å². The maximum atomic E-state index is 5.46. The summed E-state index contributed by atoms with van der Waals surface area (Å²) in [5.41, 5.74) is 0. The summed E-state index contributed by atoms with van der Waals surface area (Å²) in [6.07, 6.45) is 1.67. The van der Waals surface area contributed by atoms with Crippen molar-refractivity contribution in [3.63, 3.8) is 0 Å². The van der Waals surface area contributed by atoms with Crippen molar-refractivity contribution >= 4 is 31.9 Å². The van der Waals surface area contributed by atoms with Crippen molar-refractivity contribution in [2.24, 2.45) is 0 Å². The summed E-state index contributed by atoms with van der Waals surface area (Å²) in [6.45, 7) is 2.71. The summed E-state index contributed by atoms with van der Waals surface area (Å²) in [4.78, 5) is 0. The number of nitrogens with one attached hydrogen (secondary N) is 1. The molecule has 0 aliphatic rings. The standard InChI is InChI=1S/C11H11Br2NO2/c1-7(10-3-2-4-15-10)14-6-8-5-9(12)11(13)16-8/h2-5,7,14H,6H2,1H3. The average Bonchev–Trinajstić information content (AvgIpc) is 2.86. The number of hydrogen-bond donors (Lipinski definition) is 1. The summed E-state index contributed by atoms with van der Waals surface area (Å²) in [5, 5.41) is 3.31. The van der Waals surface area contributed by atoms with Gasteiger partial charge in [0.25, 0.3) is 0 Å². The molecule has 2 rings (SSSR count). The van der Waals surface area contributed by atoms with Gasteiger partial charge in [0.05, 0.1) is 23.3 Å². The number of rotatable bonds is 4. The molecule has 0 bridgehead atoms. The second kappa shape index (κ2) is 5.21. The Kier molecular flexibility index (Phi) is 3.89. The number of furan rings is 2. The third-order valence-corrected chi connectivity index (χ3v) is 3.96. The van der Waals surface area contributed by atoms with E-state index in [0.29, 0.717) is 6.54 Å². The van der Waals surface area contributed by atoms with Crippen LogP contribution in [0.15, 0.2) is 42.4 Å². The van der Waals surface area contributed by atoms with Crippen LogP contribution >= 0.6 is 31.9 Å². The zero-order valence-electron chi connectivity index (χ0n) is 8.67. The molecule has 16 heavy (non-hydrogen) atoms. The first-order chi connectivity index (χ1) is 7.66. The molecule has 2 aromatic rings. The van der Waals surface area contributed by atoms with Gasteiger partial charge in [0, 0.05) is 0 Å². The largest absolute Gasteiger partial charge is 0.468 e. The van der Waals surface area contributed by atoms with Crippen LogP contribution in [0.1, 0.15) is 24.5 Å². The minimum Gasteiger partial charge on any atom is -0.468 e. The van der Waals surface area contributed by atoms with E-state index in [-0.39, 0.29) is 6.04 Å². The quantitative estimate of drug-likeness (QED) is 0.897. The Bertz CT molecular complexity index is 431. The Labute approximate surface area is 110 Å². The van der Waals surface area contributed by atoms with Gasteiger partial charge in [-0.1, -0.05) is 0 Å². The molecule has 1 unspecified atom stereocenters. The third-order valence-electron chi connectivity index (χ3n) is 2.25. The fourth-order valence-electron chi connectivity index (χ4n) is 1.37. The minimum atomic E-state index is 0.164. The normalized spacial score (nSPS) is 12.9. The van der Waals surface area contributed by atoms with Crippen LogP contribution in [0.5, 0.6) is 0 Å². The van der Waals surface area contributed by atoms with Gasteiger partial charge in [-0.15, -0.1) is 0 Å². The molecule has 2 aromatic heterocycles. The van der Waals surface area contributed by atoms with Crippen LogP contribution in [0.25, 0.3) is 0 Å². The Balaban J connectivity index is 1.92. The maximum Gasteiger partial charge on any atom is 0.183 e. The van der Waals surface area contributed by atoms with E-state index in [2.05, 4.69) is 37.2 Å². The van der Waals surface area contributed by atoms with Crippen LogP contribution in [-0.2, 0) is 6.54 Å². The summed E-state index contributed by atoms with van der Waals surface area (Å²) in [6, 6.07) is 5.93. The molecule has 0 fully saturated rings. The molecule has 0 saturated carbocycles. The first kappa shape index (κ1) is 12.0. The predicted molar refractivity (Wildman–Crippen MR) is 68.1 cm³/mol. The Hall–Kier alpha value is -0.520. The highest BCUT2D eigenvalue weighted by molar-refractivity contribution is 9.13. The predicted octanol–water partition coefficient (Wildman–Crippen LogP) is 4.25. The molecule has 86 valence electrons. The molecule has 2 heterocycles. The molecule has 0 aromatic carbocycles. The molecule has 0 radical (unpaired) electrons.